The van der Waals surface area contributed by atoms with E-state index >= 15 is 0 Å². The molecule has 8 nitrogen and oxygen atoms in total. The molecule has 3 N–H and O–H groups in total. The second kappa shape index (κ2) is 9.03. The number of nitrogens with one attached hydrogen (secondary N) is 3. The number of aromatic nitrogens is 2. The Morgan fingerprint density at radius 2 is 1.62 bits per heavy atom. The van der Waals surface area contributed by atoms with Crippen molar-refractivity contribution in [2.45, 2.75) is 20.4 Å². The zero-order valence-corrected chi connectivity index (χ0v) is 18.3. The first-order chi connectivity index (χ1) is 15.5. The van der Waals surface area contributed by atoms with Gasteiger partial charge in [-0.3, -0.25) is 25.2 Å². The number of aryl methyl sites for hydroxylation is 2. The number of rotatable bonds is 5. The smallest absolute Gasteiger partial charge is 0.269 e. The molecule has 0 saturated heterocycles. The number of carbonyl (C=O) groups excluding carboxylic acids is 3. The zero-order valence-electron chi connectivity index (χ0n) is 17.5. The Morgan fingerprint density at radius 3 is 2.28 bits per heavy atom. The van der Waals surface area contributed by atoms with Crippen molar-refractivity contribution >= 4 is 45.8 Å². The van der Waals surface area contributed by atoms with E-state index in [1.54, 1.807) is 48.5 Å². The summed E-state index contributed by atoms with van der Waals surface area (Å²) in [4.78, 5) is 42.0. The number of amides is 3. The summed E-state index contributed by atoms with van der Waals surface area (Å²) in [6.45, 7) is 4.75. The lowest BCUT2D eigenvalue weighted by Gasteiger charge is -2.09. The molecule has 0 aliphatic carbocycles. The van der Waals surface area contributed by atoms with Crippen molar-refractivity contribution in [2.24, 2.45) is 0 Å². The van der Waals surface area contributed by atoms with Crippen LogP contribution in [0.3, 0.4) is 0 Å². The van der Waals surface area contributed by atoms with E-state index in [-0.39, 0.29) is 5.91 Å². The lowest BCUT2D eigenvalue weighted by atomic mass is 10.2. The van der Waals surface area contributed by atoms with Crippen LogP contribution in [0.2, 0.25) is 0 Å². The number of carbonyl (C=O) groups is 3. The van der Waals surface area contributed by atoms with Crippen LogP contribution >= 0.6 is 11.3 Å². The van der Waals surface area contributed by atoms with Crippen LogP contribution in [0.5, 0.6) is 0 Å². The second-order valence-electron chi connectivity index (χ2n) is 7.02. The van der Waals surface area contributed by atoms with Gasteiger partial charge >= 0.3 is 0 Å². The largest absolute Gasteiger partial charge is 0.329 e. The van der Waals surface area contributed by atoms with Crippen LogP contribution in [0.25, 0.3) is 11.0 Å². The van der Waals surface area contributed by atoms with Crippen molar-refractivity contribution in [1.82, 2.24) is 20.4 Å². The molecule has 0 saturated carbocycles. The molecule has 162 valence electrons. The predicted octanol–water partition coefficient (Wildman–Crippen LogP) is 3.75. The molecule has 2 heterocycles. The molecule has 0 atom stereocenters. The van der Waals surface area contributed by atoms with Crippen LogP contribution in [-0.2, 0) is 6.54 Å². The monoisotopic (exact) mass is 447 g/mol. The van der Waals surface area contributed by atoms with Crippen molar-refractivity contribution in [3.05, 3.63) is 81.8 Å². The average Bonchev–Trinajstić information content (AvgIpc) is 3.44. The van der Waals surface area contributed by atoms with Crippen LogP contribution in [0.1, 0.15) is 43.1 Å². The molecule has 0 radical (unpaired) electrons. The second-order valence-corrected chi connectivity index (χ2v) is 7.97. The molecular formula is C23H21N5O3S. The minimum absolute atomic E-state index is 0.208. The van der Waals surface area contributed by atoms with Crippen LogP contribution in [0, 0.1) is 6.92 Å². The first-order valence-corrected chi connectivity index (χ1v) is 10.9. The maximum Gasteiger partial charge on any atom is 0.269 e. The SMILES string of the molecule is CCn1c(C)nc2cc(C(=O)NNC(=O)c3ccc(NC(=O)c4cccs4)cc3)ccc21. The van der Waals surface area contributed by atoms with Gasteiger partial charge in [-0.25, -0.2) is 4.98 Å². The molecule has 9 heteroatoms. The summed E-state index contributed by atoms with van der Waals surface area (Å²) < 4.78 is 2.06. The van der Waals surface area contributed by atoms with Gasteiger partial charge in [0.1, 0.15) is 5.82 Å². The minimum Gasteiger partial charge on any atom is -0.329 e. The molecule has 3 amide bonds. The number of benzene rings is 2. The van der Waals surface area contributed by atoms with Crippen molar-refractivity contribution in [3.8, 4) is 0 Å². The van der Waals surface area contributed by atoms with Gasteiger partial charge in [0.15, 0.2) is 0 Å². The van der Waals surface area contributed by atoms with E-state index in [9.17, 15) is 14.4 Å². The van der Waals surface area contributed by atoms with E-state index in [0.717, 1.165) is 23.4 Å². The van der Waals surface area contributed by atoms with Gasteiger partial charge < -0.3 is 9.88 Å². The van der Waals surface area contributed by atoms with Crippen LogP contribution < -0.4 is 16.2 Å². The summed E-state index contributed by atoms with van der Waals surface area (Å²) in [6.07, 6.45) is 0. The highest BCUT2D eigenvalue weighted by atomic mass is 32.1. The molecule has 0 spiro atoms. The Labute approximate surface area is 188 Å². The van der Waals surface area contributed by atoms with Gasteiger partial charge in [0.2, 0.25) is 0 Å². The summed E-state index contributed by atoms with van der Waals surface area (Å²) >= 11 is 1.35. The number of anilines is 1. The van der Waals surface area contributed by atoms with Crippen LogP contribution in [-0.4, -0.2) is 27.3 Å². The number of nitrogens with zero attached hydrogens (tertiary/aromatic N) is 2. The predicted molar refractivity (Wildman–Crippen MR) is 124 cm³/mol. The molecular weight excluding hydrogens is 426 g/mol. The van der Waals surface area contributed by atoms with Crippen molar-refractivity contribution < 1.29 is 14.4 Å². The number of thiophene rings is 1. The Kier molecular flexibility index (Phi) is 6.00. The van der Waals surface area contributed by atoms with E-state index in [1.807, 2.05) is 25.3 Å². The van der Waals surface area contributed by atoms with E-state index < -0.39 is 11.8 Å². The molecule has 0 fully saturated rings. The number of hydrogen-bond donors (Lipinski definition) is 3. The first kappa shape index (κ1) is 21.3. The average molecular weight is 448 g/mol. The summed E-state index contributed by atoms with van der Waals surface area (Å²) in [6, 6.07) is 15.2. The van der Waals surface area contributed by atoms with E-state index in [4.69, 9.17) is 0 Å². The fourth-order valence-corrected chi connectivity index (χ4v) is 3.97. The third-order valence-electron chi connectivity index (χ3n) is 4.96. The minimum atomic E-state index is -0.471. The topological polar surface area (TPSA) is 105 Å². The third-order valence-corrected chi connectivity index (χ3v) is 5.83. The fourth-order valence-electron chi connectivity index (χ4n) is 3.35. The quantitative estimate of drug-likeness (QED) is 0.405. The number of hydrogen-bond acceptors (Lipinski definition) is 5. The van der Waals surface area contributed by atoms with Gasteiger partial charge in [0.05, 0.1) is 15.9 Å². The Morgan fingerprint density at radius 1 is 0.938 bits per heavy atom. The highest BCUT2D eigenvalue weighted by Gasteiger charge is 2.13. The number of fused-ring (bicyclic) bond motifs is 1. The number of imidazole rings is 1. The maximum absolute atomic E-state index is 12.5. The summed E-state index contributed by atoms with van der Waals surface area (Å²) in [5, 5.41) is 4.60. The Hall–Kier alpha value is -3.98. The Bertz CT molecular complexity index is 1290. The Balaban J connectivity index is 1.36. The molecule has 0 unspecified atom stereocenters. The summed E-state index contributed by atoms with van der Waals surface area (Å²) in [5.41, 5.74) is 7.81. The highest BCUT2D eigenvalue weighted by Crippen LogP contribution is 2.18. The molecule has 4 rings (SSSR count). The fraction of sp³-hybridized carbons (Fsp3) is 0.130. The van der Waals surface area contributed by atoms with Gasteiger partial charge in [-0.1, -0.05) is 6.07 Å². The highest BCUT2D eigenvalue weighted by molar-refractivity contribution is 7.12. The van der Waals surface area contributed by atoms with Gasteiger partial charge in [-0.2, -0.15) is 0 Å². The summed E-state index contributed by atoms with van der Waals surface area (Å²) in [5.74, 6) is -0.241. The maximum atomic E-state index is 12.5. The van der Waals surface area contributed by atoms with Crippen molar-refractivity contribution in [2.75, 3.05) is 5.32 Å². The molecule has 4 aromatic rings. The first-order valence-electron chi connectivity index (χ1n) is 9.98. The molecule has 0 bridgehead atoms. The molecule has 2 aromatic carbocycles. The van der Waals surface area contributed by atoms with Crippen LogP contribution in [0.15, 0.2) is 60.0 Å². The molecule has 32 heavy (non-hydrogen) atoms. The van der Waals surface area contributed by atoms with Gasteiger partial charge in [-0.05, 0) is 67.8 Å². The zero-order chi connectivity index (χ0) is 22.7. The standard InChI is InChI=1S/C23H21N5O3S/c1-3-28-14(2)24-18-13-16(8-11-19(18)28)22(30)27-26-21(29)15-6-9-17(10-7-15)25-23(31)20-5-4-12-32-20/h4-13H,3H2,1-2H3,(H,25,31)(H,26,29)(H,27,30). The van der Waals surface area contributed by atoms with E-state index in [1.165, 1.54) is 11.3 Å². The van der Waals surface area contributed by atoms with Crippen LogP contribution in [0.4, 0.5) is 5.69 Å². The van der Waals surface area contributed by atoms with Gasteiger partial charge in [0.25, 0.3) is 17.7 Å². The van der Waals surface area contributed by atoms with Gasteiger partial charge in [0, 0.05) is 23.4 Å². The summed E-state index contributed by atoms with van der Waals surface area (Å²) in [7, 11) is 0. The van der Waals surface area contributed by atoms with Crippen molar-refractivity contribution in [3.63, 3.8) is 0 Å². The number of hydrazine groups is 1. The molecule has 0 aliphatic rings. The third kappa shape index (κ3) is 4.37. The lowest BCUT2D eigenvalue weighted by Crippen LogP contribution is -2.41. The normalized spacial score (nSPS) is 10.7. The lowest BCUT2D eigenvalue weighted by molar-refractivity contribution is 0.0847. The molecule has 0 aliphatic heterocycles. The molecule has 2 aromatic heterocycles. The van der Waals surface area contributed by atoms with E-state index in [0.29, 0.717) is 21.7 Å². The van der Waals surface area contributed by atoms with E-state index in [2.05, 4.69) is 25.7 Å². The van der Waals surface area contributed by atoms with Crippen molar-refractivity contribution in [1.29, 1.82) is 0 Å². The van der Waals surface area contributed by atoms with Gasteiger partial charge in [-0.15, -0.1) is 11.3 Å².